The summed E-state index contributed by atoms with van der Waals surface area (Å²) < 4.78 is 28.5. The Balaban J connectivity index is 1.99. The number of hydrogen-bond acceptors (Lipinski definition) is 3. The summed E-state index contributed by atoms with van der Waals surface area (Å²) in [5.41, 5.74) is 2.81. The summed E-state index contributed by atoms with van der Waals surface area (Å²) in [5, 5.41) is 2.00. The normalized spacial score (nSPS) is 14.1. The van der Waals surface area contributed by atoms with Crippen molar-refractivity contribution in [3.63, 3.8) is 0 Å². The Morgan fingerprint density at radius 3 is 2.85 bits per heavy atom. The zero-order chi connectivity index (χ0) is 16.0. The fourth-order valence-electron chi connectivity index (χ4n) is 2.45. The van der Waals surface area contributed by atoms with Gasteiger partial charge in [0.2, 0.25) is 0 Å². The highest BCUT2D eigenvalue weighted by Gasteiger charge is 2.12. The van der Waals surface area contributed by atoms with E-state index in [4.69, 9.17) is 8.53 Å². The van der Waals surface area contributed by atoms with Crippen LogP contribution in [0, 0.1) is 6.85 Å². The topological polar surface area (TPSA) is 38.9 Å². The summed E-state index contributed by atoms with van der Waals surface area (Å²) in [6.07, 6.45) is 1.28. The molecule has 2 aromatic carbocycles. The van der Waals surface area contributed by atoms with Gasteiger partial charge >= 0.3 is 0 Å². The lowest BCUT2D eigenvalue weighted by atomic mass is 10.1. The lowest BCUT2D eigenvalue weighted by Gasteiger charge is -2.02. The van der Waals surface area contributed by atoms with Crippen LogP contribution in [0.5, 0.6) is 0 Å². The number of aromatic nitrogens is 2. The van der Waals surface area contributed by atoms with E-state index in [2.05, 4.69) is 9.97 Å². The zero-order valence-electron chi connectivity index (χ0n) is 13.5. The van der Waals surface area contributed by atoms with E-state index in [0.717, 1.165) is 21.9 Å². The lowest BCUT2D eigenvalue weighted by Crippen LogP contribution is -1.88. The number of fused-ring (bicyclic) bond motifs is 3. The molecule has 0 unspecified atom stereocenters. The lowest BCUT2D eigenvalue weighted by molar-refractivity contribution is 0.670. The zero-order valence-corrected chi connectivity index (χ0v) is 10.5. The van der Waals surface area contributed by atoms with Crippen molar-refractivity contribution in [1.29, 1.82) is 0 Å². The van der Waals surface area contributed by atoms with Crippen molar-refractivity contribution in [3.05, 3.63) is 60.6 Å². The molecule has 0 saturated heterocycles. The van der Waals surface area contributed by atoms with Crippen LogP contribution in [0.4, 0.5) is 0 Å². The van der Waals surface area contributed by atoms with Gasteiger partial charge in [-0.1, -0.05) is 30.3 Å². The van der Waals surface area contributed by atoms with Crippen LogP contribution in [-0.4, -0.2) is 9.97 Å². The predicted octanol–water partition coefficient (Wildman–Crippen LogP) is 4.35. The van der Waals surface area contributed by atoms with Gasteiger partial charge in [-0.25, -0.2) is 9.97 Å². The average molecular weight is 263 g/mol. The van der Waals surface area contributed by atoms with Crippen LogP contribution in [0.25, 0.3) is 33.2 Å². The van der Waals surface area contributed by atoms with Crippen molar-refractivity contribution in [1.82, 2.24) is 9.97 Å². The summed E-state index contributed by atoms with van der Waals surface area (Å²) in [5.74, 6) is 0. The maximum atomic E-state index is 7.50. The van der Waals surface area contributed by atoms with Crippen LogP contribution >= 0.6 is 0 Å². The molecule has 2 heterocycles. The molecule has 20 heavy (non-hydrogen) atoms. The Hall–Kier alpha value is -2.68. The molecular weight excluding hydrogens is 248 g/mol. The van der Waals surface area contributed by atoms with Gasteiger partial charge in [-0.2, -0.15) is 0 Å². The number of rotatable bonds is 1. The third-order valence-electron chi connectivity index (χ3n) is 3.35. The molecule has 4 rings (SSSR count). The average Bonchev–Trinajstić information content (AvgIpc) is 2.93. The standard InChI is InChI=1S/C17H12N2O/c1-11-9-15(19-10-18-11)14-7-4-6-13-12-5-2-3-8-16(12)20-17(13)14/h2-10H,1H3/i1D3. The SMILES string of the molecule is [2H]C([2H])([2H])c1cc(-c2cccc3c2oc2ccccc23)ncn1. The number of aryl methyl sites for hydroxylation is 1. The highest BCUT2D eigenvalue weighted by atomic mass is 16.3. The highest BCUT2D eigenvalue weighted by Crippen LogP contribution is 2.34. The molecule has 0 bridgehead atoms. The molecular formula is C17H12N2O. The van der Waals surface area contributed by atoms with Gasteiger partial charge in [-0.3, -0.25) is 0 Å². The highest BCUT2D eigenvalue weighted by molar-refractivity contribution is 6.09. The largest absolute Gasteiger partial charge is 0.455 e. The first-order valence-corrected chi connectivity index (χ1v) is 6.27. The fraction of sp³-hybridized carbons (Fsp3) is 0.0588. The van der Waals surface area contributed by atoms with Gasteiger partial charge in [-0.05, 0) is 25.1 Å². The van der Waals surface area contributed by atoms with Crippen LogP contribution in [0.1, 0.15) is 9.81 Å². The quantitative estimate of drug-likeness (QED) is 0.512. The van der Waals surface area contributed by atoms with Gasteiger partial charge in [0.05, 0.1) is 5.69 Å². The van der Waals surface area contributed by atoms with Gasteiger partial charge in [0.1, 0.15) is 17.5 Å². The molecule has 0 radical (unpaired) electrons. The summed E-state index contributed by atoms with van der Waals surface area (Å²) in [4.78, 5) is 8.08. The maximum absolute atomic E-state index is 7.50. The molecule has 3 heteroatoms. The van der Waals surface area contributed by atoms with E-state index in [0.29, 0.717) is 11.3 Å². The molecule has 2 aromatic heterocycles. The second-order valence-electron chi connectivity index (χ2n) is 4.57. The molecule has 0 N–H and O–H groups in total. The van der Waals surface area contributed by atoms with Crippen molar-refractivity contribution in [2.75, 3.05) is 0 Å². The van der Waals surface area contributed by atoms with E-state index in [1.807, 2.05) is 42.5 Å². The Bertz CT molecular complexity index is 1020. The summed E-state index contributed by atoms with van der Waals surface area (Å²) >= 11 is 0. The number of nitrogens with zero attached hydrogens (tertiary/aromatic N) is 2. The van der Waals surface area contributed by atoms with Crippen molar-refractivity contribution in [3.8, 4) is 11.3 Å². The van der Waals surface area contributed by atoms with Crippen LogP contribution in [0.2, 0.25) is 0 Å². The molecule has 4 aromatic rings. The summed E-state index contributed by atoms with van der Waals surface area (Å²) in [6.45, 7) is -2.26. The first kappa shape index (κ1) is 8.48. The molecule has 0 aliphatic heterocycles. The molecule has 0 aliphatic rings. The van der Waals surface area contributed by atoms with Gasteiger partial charge in [-0.15, -0.1) is 0 Å². The second-order valence-corrected chi connectivity index (χ2v) is 4.57. The predicted molar refractivity (Wildman–Crippen MR) is 79.5 cm³/mol. The van der Waals surface area contributed by atoms with E-state index >= 15 is 0 Å². The Labute approximate surface area is 120 Å². The van der Waals surface area contributed by atoms with Crippen molar-refractivity contribution in [2.24, 2.45) is 0 Å². The monoisotopic (exact) mass is 263 g/mol. The molecule has 0 atom stereocenters. The first-order valence-electron chi connectivity index (χ1n) is 7.77. The van der Waals surface area contributed by atoms with Gasteiger partial charge in [0.25, 0.3) is 0 Å². The van der Waals surface area contributed by atoms with Crippen LogP contribution in [-0.2, 0) is 0 Å². The minimum Gasteiger partial charge on any atom is -0.455 e. The molecule has 0 spiro atoms. The van der Waals surface area contributed by atoms with Crippen LogP contribution < -0.4 is 0 Å². The number of para-hydroxylation sites is 2. The second kappa shape index (κ2) is 4.17. The van der Waals surface area contributed by atoms with Crippen molar-refractivity contribution >= 4 is 21.9 Å². The van der Waals surface area contributed by atoms with E-state index < -0.39 is 6.85 Å². The van der Waals surface area contributed by atoms with E-state index in [9.17, 15) is 0 Å². The Kier molecular flexibility index (Phi) is 1.77. The summed E-state index contributed by atoms with van der Waals surface area (Å²) in [7, 11) is 0. The Morgan fingerprint density at radius 1 is 1.00 bits per heavy atom. The molecule has 96 valence electrons. The third-order valence-corrected chi connectivity index (χ3v) is 3.35. The van der Waals surface area contributed by atoms with Gasteiger partial charge in [0, 0.05) is 26.1 Å². The smallest absolute Gasteiger partial charge is 0.144 e. The van der Waals surface area contributed by atoms with Gasteiger partial charge in [0.15, 0.2) is 0 Å². The molecule has 0 fully saturated rings. The van der Waals surface area contributed by atoms with Crippen LogP contribution in [0.3, 0.4) is 0 Å². The van der Waals surface area contributed by atoms with E-state index in [1.165, 1.54) is 12.4 Å². The first-order chi connectivity index (χ1) is 11.0. The molecule has 0 aliphatic carbocycles. The van der Waals surface area contributed by atoms with Gasteiger partial charge < -0.3 is 4.42 Å². The van der Waals surface area contributed by atoms with Crippen molar-refractivity contribution in [2.45, 2.75) is 6.85 Å². The number of benzene rings is 2. The molecule has 0 saturated carbocycles. The maximum Gasteiger partial charge on any atom is 0.144 e. The molecule has 0 amide bonds. The third kappa shape index (κ3) is 1.60. The van der Waals surface area contributed by atoms with Crippen molar-refractivity contribution < 1.29 is 8.53 Å². The summed E-state index contributed by atoms with van der Waals surface area (Å²) in [6, 6.07) is 15.0. The van der Waals surface area contributed by atoms with E-state index in [1.54, 1.807) is 0 Å². The molecule has 3 nitrogen and oxygen atoms in total. The van der Waals surface area contributed by atoms with Crippen LogP contribution in [0.15, 0.2) is 59.3 Å². The number of hydrogen-bond donors (Lipinski definition) is 0. The minimum atomic E-state index is -2.26. The fourth-order valence-corrected chi connectivity index (χ4v) is 2.45. The number of furan rings is 1. The van der Waals surface area contributed by atoms with E-state index in [-0.39, 0.29) is 5.69 Å². The minimum absolute atomic E-state index is 0.0237. The Morgan fingerprint density at radius 2 is 1.90 bits per heavy atom.